The Bertz CT molecular complexity index is 1080. The second kappa shape index (κ2) is 14.9. The third-order valence-corrected chi connectivity index (χ3v) is 7.34. The summed E-state index contributed by atoms with van der Waals surface area (Å²) in [6.45, 7) is 3.76. The molecule has 5 atom stereocenters. The highest BCUT2D eigenvalue weighted by atomic mass is 32.2. The van der Waals surface area contributed by atoms with Crippen LogP contribution in [0.25, 0.3) is 10.9 Å². The second-order valence-corrected chi connectivity index (χ2v) is 10.3. The molecule has 0 aliphatic carbocycles. The standard InChI is InChI=1S/C25H37N5O5S2/c1-4-14(2)21(26)24(33)30-20(13-36)23(32)28-18(9-10-37-3)22(31)29-19(25(34)35)11-15-12-27-17-8-6-5-7-16(15)17/h5-8,12,14,18-21,27,36H,4,9-11,13,26H2,1-3H3,(H,28,32)(H,29,31)(H,30,33)(H,34,35). The maximum atomic E-state index is 13.1. The van der Waals surface area contributed by atoms with Gasteiger partial charge in [0.05, 0.1) is 6.04 Å². The van der Waals surface area contributed by atoms with Crippen LogP contribution < -0.4 is 21.7 Å². The van der Waals surface area contributed by atoms with Crippen molar-refractivity contribution in [3.63, 3.8) is 0 Å². The average Bonchev–Trinajstić information content (AvgIpc) is 3.30. The van der Waals surface area contributed by atoms with Gasteiger partial charge in [0, 0.05) is 29.3 Å². The summed E-state index contributed by atoms with van der Waals surface area (Å²) in [5.74, 6) is -2.39. The zero-order chi connectivity index (χ0) is 27.5. The SMILES string of the molecule is CCC(C)C(N)C(=O)NC(CS)C(=O)NC(CCSC)C(=O)NC(Cc1c[nH]c2ccccc12)C(=O)O. The van der Waals surface area contributed by atoms with Crippen molar-refractivity contribution in [1.82, 2.24) is 20.9 Å². The fraction of sp³-hybridized carbons (Fsp3) is 0.520. The highest BCUT2D eigenvalue weighted by molar-refractivity contribution is 7.98. The van der Waals surface area contributed by atoms with E-state index < -0.39 is 47.9 Å². The van der Waals surface area contributed by atoms with Gasteiger partial charge in [-0.1, -0.05) is 38.5 Å². The summed E-state index contributed by atoms with van der Waals surface area (Å²) in [6.07, 6.45) is 4.63. The number of aliphatic carboxylic acids is 1. The Morgan fingerprint density at radius 3 is 2.30 bits per heavy atom. The maximum absolute atomic E-state index is 13.1. The lowest BCUT2D eigenvalue weighted by atomic mass is 9.99. The Kier molecular flexibility index (Phi) is 12.3. The zero-order valence-corrected chi connectivity index (χ0v) is 23.0. The molecule has 0 fully saturated rings. The number of hydrogen-bond donors (Lipinski definition) is 7. The molecule has 7 N–H and O–H groups in total. The summed E-state index contributed by atoms with van der Waals surface area (Å²) in [6, 6.07) is 3.51. The van der Waals surface area contributed by atoms with Gasteiger partial charge in [-0.25, -0.2) is 4.79 Å². The molecule has 1 heterocycles. The minimum absolute atomic E-state index is 0.0000191. The van der Waals surface area contributed by atoms with E-state index in [0.717, 1.165) is 16.5 Å². The van der Waals surface area contributed by atoms with E-state index in [1.807, 2.05) is 44.4 Å². The lowest BCUT2D eigenvalue weighted by Crippen LogP contribution is -2.58. The summed E-state index contributed by atoms with van der Waals surface area (Å²) in [4.78, 5) is 53.6. The molecule has 0 radical (unpaired) electrons. The molecular formula is C25H37N5O5S2. The van der Waals surface area contributed by atoms with Gasteiger partial charge >= 0.3 is 5.97 Å². The number of nitrogens with one attached hydrogen (secondary N) is 4. The maximum Gasteiger partial charge on any atom is 0.326 e. The molecule has 12 heteroatoms. The van der Waals surface area contributed by atoms with Gasteiger partial charge in [0.15, 0.2) is 0 Å². The Morgan fingerprint density at radius 1 is 1.05 bits per heavy atom. The first-order chi connectivity index (χ1) is 17.6. The van der Waals surface area contributed by atoms with E-state index in [2.05, 4.69) is 33.6 Å². The third-order valence-electron chi connectivity index (χ3n) is 6.33. The number of aromatic amines is 1. The van der Waals surface area contributed by atoms with E-state index in [1.54, 1.807) is 6.20 Å². The molecule has 37 heavy (non-hydrogen) atoms. The summed E-state index contributed by atoms with van der Waals surface area (Å²) in [7, 11) is 0. The number of para-hydroxylation sites is 1. The smallest absolute Gasteiger partial charge is 0.326 e. The summed E-state index contributed by atoms with van der Waals surface area (Å²) >= 11 is 5.66. The number of H-pyrrole nitrogens is 1. The Balaban J connectivity index is 2.11. The van der Waals surface area contributed by atoms with Crippen molar-refractivity contribution in [2.75, 3.05) is 17.8 Å². The largest absolute Gasteiger partial charge is 0.480 e. The van der Waals surface area contributed by atoms with Gasteiger partial charge in [-0.3, -0.25) is 14.4 Å². The first-order valence-corrected chi connectivity index (χ1v) is 14.2. The molecule has 10 nitrogen and oxygen atoms in total. The molecule has 0 aliphatic heterocycles. The monoisotopic (exact) mass is 551 g/mol. The lowest BCUT2D eigenvalue weighted by Gasteiger charge is -2.25. The number of benzene rings is 1. The molecule has 5 unspecified atom stereocenters. The first-order valence-electron chi connectivity index (χ1n) is 12.2. The van der Waals surface area contributed by atoms with Crippen LogP contribution in [-0.2, 0) is 25.6 Å². The van der Waals surface area contributed by atoms with Crippen LogP contribution in [0, 0.1) is 5.92 Å². The van der Waals surface area contributed by atoms with Gasteiger partial charge in [0.25, 0.3) is 0 Å². The first kappa shape index (κ1) is 30.5. The van der Waals surface area contributed by atoms with Crippen molar-refractivity contribution in [2.45, 2.75) is 57.3 Å². The third kappa shape index (κ3) is 8.68. The number of hydrogen-bond acceptors (Lipinski definition) is 7. The van der Waals surface area contributed by atoms with Crippen molar-refractivity contribution in [1.29, 1.82) is 0 Å². The number of carboxylic acid groups (broad SMARTS) is 1. The topological polar surface area (TPSA) is 166 Å². The van der Waals surface area contributed by atoms with Crippen molar-refractivity contribution in [2.24, 2.45) is 11.7 Å². The summed E-state index contributed by atoms with van der Waals surface area (Å²) in [5, 5.41) is 18.5. The van der Waals surface area contributed by atoms with Crippen molar-refractivity contribution in [3.8, 4) is 0 Å². The Labute approximate surface area is 226 Å². The van der Waals surface area contributed by atoms with Crippen LogP contribution in [0.4, 0.5) is 0 Å². The number of thiol groups is 1. The molecule has 2 rings (SSSR count). The van der Waals surface area contributed by atoms with Gasteiger partial charge in [-0.15, -0.1) is 0 Å². The highest BCUT2D eigenvalue weighted by Gasteiger charge is 2.30. The predicted molar refractivity (Wildman–Crippen MR) is 150 cm³/mol. The number of carbonyl (C=O) groups is 4. The fourth-order valence-corrected chi connectivity index (χ4v) is 4.47. The molecule has 3 amide bonds. The minimum atomic E-state index is -1.20. The van der Waals surface area contributed by atoms with E-state index in [0.29, 0.717) is 12.2 Å². The number of aromatic nitrogens is 1. The van der Waals surface area contributed by atoms with Crippen LogP contribution in [0.15, 0.2) is 30.5 Å². The van der Waals surface area contributed by atoms with E-state index in [-0.39, 0.29) is 24.5 Å². The van der Waals surface area contributed by atoms with E-state index >= 15 is 0 Å². The van der Waals surface area contributed by atoms with Crippen LogP contribution in [-0.4, -0.2) is 75.7 Å². The number of nitrogens with two attached hydrogens (primary N) is 1. The average molecular weight is 552 g/mol. The van der Waals surface area contributed by atoms with Crippen LogP contribution >= 0.6 is 24.4 Å². The van der Waals surface area contributed by atoms with Crippen molar-refractivity contribution < 1.29 is 24.3 Å². The molecule has 0 saturated heterocycles. The molecule has 1 aromatic carbocycles. The number of carbonyl (C=O) groups excluding carboxylic acids is 3. The van der Waals surface area contributed by atoms with E-state index in [4.69, 9.17) is 5.73 Å². The zero-order valence-electron chi connectivity index (χ0n) is 21.3. The molecule has 1 aromatic heterocycles. The fourth-order valence-electron chi connectivity index (χ4n) is 3.74. The van der Waals surface area contributed by atoms with Crippen molar-refractivity contribution in [3.05, 3.63) is 36.0 Å². The van der Waals surface area contributed by atoms with Gasteiger partial charge < -0.3 is 31.8 Å². The van der Waals surface area contributed by atoms with Crippen LogP contribution in [0.1, 0.15) is 32.3 Å². The summed E-state index contributed by atoms with van der Waals surface area (Å²) in [5.41, 5.74) is 7.59. The molecule has 0 aliphatic rings. The Hall–Kier alpha value is -2.70. The van der Waals surface area contributed by atoms with Gasteiger partial charge in [-0.05, 0) is 36.0 Å². The molecule has 0 bridgehead atoms. The molecule has 0 spiro atoms. The molecule has 204 valence electrons. The van der Waals surface area contributed by atoms with Crippen LogP contribution in [0.2, 0.25) is 0 Å². The molecule has 2 aromatic rings. The molecular weight excluding hydrogens is 514 g/mol. The number of fused-ring (bicyclic) bond motifs is 1. The normalized spacial score (nSPS) is 15.3. The van der Waals surface area contributed by atoms with Crippen molar-refractivity contribution >= 4 is 59.0 Å². The number of carboxylic acids is 1. The van der Waals surface area contributed by atoms with Gasteiger partial charge in [0.2, 0.25) is 17.7 Å². The minimum Gasteiger partial charge on any atom is -0.480 e. The van der Waals surface area contributed by atoms with E-state index in [9.17, 15) is 24.3 Å². The van der Waals surface area contributed by atoms with E-state index in [1.165, 1.54) is 11.8 Å². The van der Waals surface area contributed by atoms with Gasteiger partial charge in [-0.2, -0.15) is 24.4 Å². The quantitative estimate of drug-likeness (QED) is 0.164. The molecule has 0 saturated carbocycles. The van der Waals surface area contributed by atoms with Crippen LogP contribution in [0.3, 0.4) is 0 Å². The predicted octanol–water partition coefficient (Wildman–Crippen LogP) is 1.31. The number of amides is 3. The lowest BCUT2D eigenvalue weighted by molar-refractivity contribution is -0.142. The van der Waals surface area contributed by atoms with Crippen LogP contribution in [0.5, 0.6) is 0 Å². The summed E-state index contributed by atoms with van der Waals surface area (Å²) < 4.78 is 0. The Morgan fingerprint density at radius 2 is 1.68 bits per heavy atom. The number of thioether (sulfide) groups is 1. The van der Waals surface area contributed by atoms with Gasteiger partial charge in [0.1, 0.15) is 18.1 Å². The number of rotatable bonds is 15. The second-order valence-electron chi connectivity index (χ2n) is 8.96. The highest BCUT2D eigenvalue weighted by Crippen LogP contribution is 2.19.